The van der Waals surface area contributed by atoms with Gasteiger partial charge in [0.2, 0.25) is 11.8 Å². The van der Waals surface area contributed by atoms with Crippen molar-refractivity contribution in [1.29, 1.82) is 0 Å². The van der Waals surface area contributed by atoms with Crippen molar-refractivity contribution in [3.05, 3.63) is 17.5 Å². The van der Waals surface area contributed by atoms with Crippen molar-refractivity contribution in [3.63, 3.8) is 0 Å². The number of thiophene rings is 1. The van der Waals surface area contributed by atoms with Crippen LogP contribution < -0.4 is 4.72 Å². The Kier molecular flexibility index (Phi) is 5.49. The van der Waals surface area contributed by atoms with Gasteiger partial charge in [-0.25, -0.2) is 13.1 Å². The number of carbonyl (C=O) groups is 2. The number of nitrogens with zero attached hydrogens (tertiary/aromatic N) is 1. The average molecular weight is 304 g/mol. The summed E-state index contributed by atoms with van der Waals surface area (Å²) in [5, 5.41) is 1.60. The monoisotopic (exact) mass is 304 g/mol. The molecule has 0 aliphatic carbocycles. The summed E-state index contributed by atoms with van der Waals surface area (Å²) in [4.78, 5) is 24.7. The molecular formula is C11H16N2O4S2. The Labute approximate surface area is 116 Å². The first-order chi connectivity index (χ1) is 8.90. The molecule has 8 heteroatoms. The Hall–Kier alpha value is -1.41. The summed E-state index contributed by atoms with van der Waals surface area (Å²) in [5.74, 6) is -1.20. The van der Waals surface area contributed by atoms with Crippen molar-refractivity contribution in [1.82, 2.24) is 9.62 Å². The fourth-order valence-corrected chi connectivity index (χ4v) is 3.46. The van der Waals surface area contributed by atoms with Crippen LogP contribution in [0.4, 0.5) is 0 Å². The lowest BCUT2D eigenvalue weighted by atomic mass is 10.3. The Morgan fingerprint density at radius 3 is 2.42 bits per heavy atom. The molecule has 1 aromatic rings. The summed E-state index contributed by atoms with van der Waals surface area (Å²) >= 11 is 1.01. The van der Waals surface area contributed by atoms with Crippen molar-refractivity contribution in [2.24, 2.45) is 0 Å². The highest BCUT2D eigenvalue weighted by atomic mass is 32.2. The molecule has 1 N–H and O–H groups in total. The largest absolute Gasteiger partial charge is 0.343 e. The third-order valence-electron chi connectivity index (χ3n) is 2.44. The molecule has 0 unspecified atom stereocenters. The smallest absolute Gasteiger partial charge is 0.273 e. The van der Waals surface area contributed by atoms with Crippen LogP contribution in [0, 0.1) is 0 Å². The molecular weight excluding hydrogens is 288 g/mol. The van der Waals surface area contributed by atoms with E-state index in [0.717, 1.165) is 11.3 Å². The molecule has 0 aliphatic heterocycles. The Morgan fingerprint density at radius 1 is 1.32 bits per heavy atom. The minimum absolute atomic E-state index is 0.0520. The number of sulfonamides is 1. The van der Waals surface area contributed by atoms with E-state index < -0.39 is 22.4 Å². The summed E-state index contributed by atoms with van der Waals surface area (Å²) in [5.41, 5.74) is 0. The van der Waals surface area contributed by atoms with Crippen LogP contribution in [0.5, 0.6) is 0 Å². The van der Waals surface area contributed by atoms with Gasteiger partial charge >= 0.3 is 0 Å². The standard InChI is InChI=1S/C11H16N2O4S2/c1-3-13(4-2)10(15)8-9(14)12-19(16,17)11-6-5-7-18-11/h5-7H,3-4,8H2,1-2H3,(H,12,14). The molecule has 1 aromatic heterocycles. The van der Waals surface area contributed by atoms with Gasteiger partial charge in [0.05, 0.1) is 0 Å². The van der Waals surface area contributed by atoms with Crippen LogP contribution in [-0.2, 0) is 19.6 Å². The van der Waals surface area contributed by atoms with E-state index in [2.05, 4.69) is 0 Å². The summed E-state index contributed by atoms with van der Waals surface area (Å²) in [6.07, 6.45) is -0.466. The summed E-state index contributed by atoms with van der Waals surface area (Å²) < 4.78 is 25.4. The molecule has 0 saturated carbocycles. The van der Waals surface area contributed by atoms with Gasteiger partial charge in [-0.05, 0) is 25.3 Å². The first-order valence-electron chi connectivity index (χ1n) is 5.77. The molecule has 0 aliphatic rings. The van der Waals surface area contributed by atoms with Gasteiger partial charge in [0.15, 0.2) is 0 Å². The number of rotatable bonds is 6. The quantitative estimate of drug-likeness (QED) is 0.788. The summed E-state index contributed by atoms with van der Waals surface area (Å²) in [6, 6.07) is 2.97. The van der Waals surface area contributed by atoms with Crippen molar-refractivity contribution < 1.29 is 18.0 Å². The molecule has 1 rings (SSSR count). The number of carbonyl (C=O) groups excluding carboxylic acids is 2. The predicted octanol–water partition coefficient (Wildman–Crippen LogP) is 0.811. The van der Waals surface area contributed by atoms with Crippen molar-refractivity contribution in [3.8, 4) is 0 Å². The van der Waals surface area contributed by atoms with E-state index in [-0.39, 0.29) is 10.1 Å². The van der Waals surface area contributed by atoms with Crippen LogP contribution in [0.3, 0.4) is 0 Å². The maximum atomic E-state index is 11.7. The highest BCUT2D eigenvalue weighted by Gasteiger charge is 2.21. The Morgan fingerprint density at radius 2 is 1.95 bits per heavy atom. The van der Waals surface area contributed by atoms with E-state index >= 15 is 0 Å². The van der Waals surface area contributed by atoms with E-state index in [0.29, 0.717) is 13.1 Å². The Balaban J connectivity index is 2.64. The van der Waals surface area contributed by atoms with E-state index in [1.807, 2.05) is 4.72 Å². The number of hydrogen-bond donors (Lipinski definition) is 1. The third kappa shape index (κ3) is 4.32. The molecule has 0 bridgehead atoms. The predicted molar refractivity (Wildman–Crippen MR) is 72.2 cm³/mol. The molecule has 2 amide bonds. The molecule has 0 aromatic carbocycles. The number of amides is 2. The van der Waals surface area contributed by atoms with E-state index in [1.165, 1.54) is 11.0 Å². The van der Waals surface area contributed by atoms with Crippen LogP contribution in [-0.4, -0.2) is 38.2 Å². The van der Waals surface area contributed by atoms with Gasteiger partial charge in [-0.1, -0.05) is 6.07 Å². The fourth-order valence-electron chi connectivity index (χ4n) is 1.48. The van der Waals surface area contributed by atoms with Gasteiger partial charge in [-0.3, -0.25) is 9.59 Å². The molecule has 106 valence electrons. The summed E-state index contributed by atoms with van der Waals surface area (Å²) in [6.45, 7) is 4.56. The maximum absolute atomic E-state index is 11.7. The second-order valence-corrected chi connectivity index (χ2v) is 6.56. The molecule has 0 spiro atoms. The molecule has 6 nitrogen and oxygen atoms in total. The zero-order valence-electron chi connectivity index (χ0n) is 10.8. The van der Waals surface area contributed by atoms with Gasteiger partial charge in [-0.2, -0.15) is 0 Å². The molecule has 1 heterocycles. The second-order valence-electron chi connectivity index (χ2n) is 3.70. The second kappa shape index (κ2) is 6.67. The topological polar surface area (TPSA) is 83.6 Å². The van der Waals surface area contributed by atoms with Crippen LogP contribution in [0.2, 0.25) is 0 Å². The lowest BCUT2D eigenvalue weighted by Crippen LogP contribution is -2.37. The van der Waals surface area contributed by atoms with Gasteiger partial charge in [0.1, 0.15) is 10.6 Å². The highest BCUT2D eigenvalue weighted by Crippen LogP contribution is 2.15. The van der Waals surface area contributed by atoms with Crippen LogP contribution in [0.25, 0.3) is 0 Å². The lowest BCUT2D eigenvalue weighted by molar-refractivity contribution is -0.135. The van der Waals surface area contributed by atoms with Crippen molar-refractivity contribution in [2.75, 3.05) is 13.1 Å². The zero-order valence-corrected chi connectivity index (χ0v) is 12.4. The third-order valence-corrected chi connectivity index (χ3v) is 5.21. The minimum atomic E-state index is -3.85. The van der Waals surface area contributed by atoms with Gasteiger partial charge in [0.25, 0.3) is 10.0 Å². The van der Waals surface area contributed by atoms with E-state index in [1.54, 1.807) is 25.3 Å². The Bertz CT molecular complexity index is 533. The molecule has 0 atom stereocenters. The van der Waals surface area contributed by atoms with E-state index in [4.69, 9.17) is 0 Å². The minimum Gasteiger partial charge on any atom is -0.343 e. The van der Waals surface area contributed by atoms with Crippen LogP contribution >= 0.6 is 11.3 Å². The molecule has 19 heavy (non-hydrogen) atoms. The van der Waals surface area contributed by atoms with Gasteiger partial charge < -0.3 is 4.90 Å². The molecule has 0 saturated heterocycles. The van der Waals surface area contributed by atoms with Crippen molar-refractivity contribution >= 4 is 33.2 Å². The average Bonchev–Trinajstić information content (AvgIpc) is 2.83. The van der Waals surface area contributed by atoms with Gasteiger partial charge in [-0.15, -0.1) is 11.3 Å². The number of nitrogens with one attached hydrogen (secondary N) is 1. The fraction of sp³-hybridized carbons (Fsp3) is 0.455. The number of hydrogen-bond acceptors (Lipinski definition) is 5. The van der Waals surface area contributed by atoms with Gasteiger partial charge in [0, 0.05) is 13.1 Å². The zero-order chi connectivity index (χ0) is 14.5. The van der Waals surface area contributed by atoms with Crippen LogP contribution in [0.1, 0.15) is 20.3 Å². The van der Waals surface area contributed by atoms with Crippen molar-refractivity contribution in [2.45, 2.75) is 24.5 Å². The first-order valence-corrected chi connectivity index (χ1v) is 8.14. The SMILES string of the molecule is CCN(CC)C(=O)CC(=O)NS(=O)(=O)c1cccs1. The van der Waals surface area contributed by atoms with E-state index in [9.17, 15) is 18.0 Å². The normalized spacial score (nSPS) is 11.1. The molecule has 0 radical (unpaired) electrons. The highest BCUT2D eigenvalue weighted by molar-refractivity contribution is 7.92. The maximum Gasteiger partial charge on any atom is 0.273 e. The van der Waals surface area contributed by atoms with Crippen LogP contribution in [0.15, 0.2) is 21.7 Å². The first kappa shape index (κ1) is 15.6. The summed E-state index contributed by atoms with van der Waals surface area (Å²) in [7, 11) is -3.85. The lowest BCUT2D eigenvalue weighted by Gasteiger charge is -2.18. The molecule has 0 fully saturated rings.